The van der Waals surface area contributed by atoms with Crippen molar-refractivity contribution in [2.24, 2.45) is 0 Å². The highest BCUT2D eigenvalue weighted by atomic mass is 16.5. The van der Waals surface area contributed by atoms with Crippen molar-refractivity contribution in [3.05, 3.63) is 34.9 Å². The molecule has 4 heteroatoms. The molecular weight excluding hydrogens is 254 g/mol. The summed E-state index contributed by atoms with van der Waals surface area (Å²) < 4.78 is 5.21. The van der Waals surface area contributed by atoms with E-state index in [0.717, 1.165) is 16.7 Å². The molecular formula is C16H21NO3. The van der Waals surface area contributed by atoms with Crippen molar-refractivity contribution < 1.29 is 14.3 Å². The van der Waals surface area contributed by atoms with Crippen LogP contribution in [-0.2, 0) is 9.53 Å². The Morgan fingerprint density at radius 3 is 2.55 bits per heavy atom. The van der Waals surface area contributed by atoms with E-state index in [4.69, 9.17) is 4.74 Å². The SMILES string of the molecule is Cc1ccc(C)c(C(=O)CCC(=O)N2CCOCC2)c1. The molecule has 108 valence electrons. The fraction of sp³-hybridized carbons (Fsp3) is 0.500. The molecule has 0 unspecified atom stereocenters. The number of benzene rings is 1. The molecule has 0 aliphatic carbocycles. The lowest BCUT2D eigenvalue weighted by atomic mass is 9.99. The van der Waals surface area contributed by atoms with Gasteiger partial charge in [0.05, 0.1) is 13.2 Å². The van der Waals surface area contributed by atoms with Crippen LogP contribution in [0.2, 0.25) is 0 Å². The molecule has 1 heterocycles. The lowest BCUT2D eigenvalue weighted by Crippen LogP contribution is -2.40. The third kappa shape index (κ3) is 3.67. The van der Waals surface area contributed by atoms with Gasteiger partial charge in [-0.2, -0.15) is 0 Å². The first-order valence-corrected chi connectivity index (χ1v) is 7.04. The maximum atomic E-state index is 12.2. The van der Waals surface area contributed by atoms with E-state index in [1.54, 1.807) is 4.90 Å². The molecule has 0 atom stereocenters. The molecule has 4 nitrogen and oxygen atoms in total. The first kappa shape index (κ1) is 14.7. The highest BCUT2D eigenvalue weighted by Crippen LogP contribution is 2.14. The Balaban J connectivity index is 1.91. The summed E-state index contributed by atoms with van der Waals surface area (Å²) in [4.78, 5) is 26.0. The van der Waals surface area contributed by atoms with Crippen molar-refractivity contribution in [2.45, 2.75) is 26.7 Å². The van der Waals surface area contributed by atoms with Crippen molar-refractivity contribution in [1.82, 2.24) is 4.90 Å². The number of hydrogen-bond acceptors (Lipinski definition) is 3. The number of morpholine rings is 1. The Labute approximate surface area is 119 Å². The molecule has 0 N–H and O–H groups in total. The lowest BCUT2D eigenvalue weighted by Gasteiger charge is -2.26. The van der Waals surface area contributed by atoms with Crippen molar-refractivity contribution in [3.8, 4) is 0 Å². The molecule has 2 rings (SSSR count). The van der Waals surface area contributed by atoms with E-state index < -0.39 is 0 Å². The van der Waals surface area contributed by atoms with Crippen LogP contribution in [0.25, 0.3) is 0 Å². The summed E-state index contributed by atoms with van der Waals surface area (Å²) in [5.41, 5.74) is 2.78. The van der Waals surface area contributed by atoms with E-state index in [1.807, 2.05) is 32.0 Å². The molecule has 0 radical (unpaired) electrons. The van der Waals surface area contributed by atoms with Gasteiger partial charge in [0.25, 0.3) is 0 Å². The standard InChI is InChI=1S/C16H21NO3/c1-12-3-4-13(2)14(11-12)15(18)5-6-16(19)17-7-9-20-10-8-17/h3-4,11H,5-10H2,1-2H3. The highest BCUT2D eigenvalue weighted by molar-refractivity contribution is 5.99. The number of Topliss-reactive ketones (excluding diaryl/α,β-unsaturated/α-hetero) is 1. The number of carbonyl (C=O) groups excluding carboxylic acids is 2. The maximum absolute atomic E-state index is 12.2. The lowest BCUT2D eigenvalue weighted by molar-refractivity contribution is -0.135. The predicted octanol–water partition coefficient (Wildman–Crippen LogP) is 2.13. The van der Waals surface area contributed by atoms with Gasteiger partial charge in [-0.05, 0) is 25.5 Å². The average Bonchev–Trinajstić information content (AvgIpc) is 2.47. The van der Waals surface area contributed by atoms with Gasteiger partial charge in [0.1, 0.15) is 0 Å². The fourth-order valence-electron chi connectivity index (χ4n) is 2.36. The van der Waals surface area contributed by atoms with Crippen LogP contribution < -0.4 is 0 Å². The number of carbonyl (C=O) groups is 2. The predicted molar refractivity (Wildman–Crippen MR) is 76.9 cm³/mol. The molecule has 1 aliphatic heterocycles. The Hall–Kier alpha value is -1.68. The van der Waals surface area contributed by atoms with Crippen LogP contribution in [0.5, 0.6) is 0 Å². The molecule has 1 amide bonds. The van der Waals surface area contributed by atoms with Crippen molar-refractivity contribution >= 4 is 11.7 Å². The van der Waals surface area contributed by atoms with Crippen molar-refractivity contribution in [1.29, 1.82) is 0 Å². The van der Waals surface area contributed by atoms with Gasteiger partial charge in [0, 0.05) is 31.5 Å². The molecule has 0 aromatic heterocycles. The first-order chi connectivity index (χ1) is 9.58. The second kappa shape index (κ2) is 6.66. The minimum absolute atomic E-state index is 0.0481. The van der Waals surface area contributed by atoms with Gasteiger partial charge >= 0.3 is 0 Å². The molecule has 1 aromatic carbocycles. The smallest absolute Gasteiger partial charge is 0.223 e. The molecule has 20 heavy (non-hydrogen) atoms. The van der Waals surface area contributed by atoms with E-state index in [-0.39, 0.29) is 24.5 Å². The number of rotatable bonds is 4. The van der Waals surface area contributed by atoms with Crippen LogP contribution >= 0.6 is 0 Å². The number of hydrogen-bond donors (Lipinski definition) is 0. The summed E-state index contributed by atoms with van der Waals surface area (Å²) in [6.07, 6.45) is 0.562. The Morgan fingerprint density at radius 2 is 1.85 bits per heavy atom. The van der Waals surface area contributed by atoms with Gasteiger partial charge in [-0.3, -0.25) is 9.59 Å². The van der Waals surface area contributed by atoms with E-state index in [2.05, 4.69) is 0 Å². The molecule has 1 fully saturated rings. The zero-order valence-corrected chi connectivity index (χ0v) is 12.1. The highest BCUT2D eigenvalue weighted by Gasteiger charge is 2.18. The Morgan fingerprint density at radius 1 is 1.15 bits per heavy atom. The summed E-state index contributed by atoms with van der Waals surface area (Å²) >= 11 is 0. The summed E-state index contributed by atoms with van der Waals surface area (Å²) in [7, 11) is 0. The molecule has 1 saturated heterocycles. The quantitative estimate of drug-likeness (QED) is 0.791. The minimum atomic E-state index is 0.0481. The largest absolute Gasteiger partial charge is 0.378 e. The van der Waals surface area contributed by atoms with Gasteiger partial charge in [-0.1, -0.05) is 17.7 Å². The van der Waals surface area contributed by atoms with Gasteiger partial charge in [-0.15, -0.1) is 0 Å². The number of nitrogens with zero attached hydrogens (tertiary/aromatic N) is 1. The monoisotopic (exact) mass is 275 g/mol. The molecule has 0 bridgehead atoms. The molecule has 1 aliphatic rings. The Bertz CT molecular complexity index is 504. The van der Waals surface area contributed by atoms with Crippen molar-refractivity contribution in [3.63, 3.8) is 0 Å². The minimum Gasteiger partial charge on any atom is -0.378 e. The van der Waals surface area contributed by atoms with Crippen LogP contribution in [0.1, 0.15) is 34.3 Å². The van der Waals surface area contributed by atoms with Crippen molar-refractivity contribution in [2.75, 3.05) is 26.3 Å². The molecule has 0 saturated carbocycles. The molecule has 1 aromatic rings. The topological polar surface area (TPSA) is 46.6 Å². The summed E-state index contributed by atoms with van der Waals surface area (Å²) in [6.45, 7) is 6.35. The van der Waals surface area contributed by atoms with Gasteiger partial charge in [-0.25, -0.2) is 0 Å². The van der Waals surface area contributed by atoms with Gasteiger partial charge in [0.15, 0.2) is 5.78 Å². The van der Waals surface area contributed by atoms with Gasteiger partial charge in [0.2, 0.25) is 5.91 Å². The first-order valence-electron chi connectivity index (χ1n) is 7.04. The number of aryl methyl sites for hydroxylation is 2. The zero-order valence-electron chi connectivity index (χ0n) is 12.1. The summed E-state index contributed by atoms with van der Waals surface area (Å²) in [5, 5.41) is 0. The van der Waals surface area contributed by atoms with E-state index >= 15 is 0 Å². The fourth-order valence-corrected chi connectivity index (χ4v) is 2.36. The second-order valence-corrected chi connectivity index (χ2v) is 5.23. The van der Waals surface area contributed by atoms with Crippen LogP contribution in [0, 0.1) is 13.8 Å². The second-order valence-electron chi connectivity index (χ2n) is 5.23. The van der Waals surface area contributed by atoms with Crippen LogP contribution in [0.4, 0.5) is 0 Å². The van der Waals surface area contributed by atoms with Gasteiger partial charge < -0.3 is 9.64 Å². The maximum Gasteiger partial charge on any atom is 0.223 e. The zero-order chi connectivity index (χ0) is 14.5. The Kier molecular flexibility index (Phi) is 4.90. The van der Waals surface area contributed by atoms with Crippen LogP contribution in [-0.4, -0.2) is 42.9 Å². The number of amides is 1. The summed E-state index contributed by atoms with van der Waals surface area (Å²) in [6, 6.07) is 5.84. The van der Waals surface area contributed by atoms with E-state index in [1.165, 1.54) is 0 Å². The number of ketones is 1. The summed E-state index contributed by atoms with van der Waals surface area (Å²) in [5.74, 6) is 0.0970. The average molecular weight is 275 g/mol. The third-order valence-corrected chi connectivity index (χ3v) is 3.62. The van der Waals surface area contributed by atoms with Crippen LogP contribution in [0.3, 0.4) is 0 Å². The molecule has 0 spiro atoms. The third-order valence-electron chi connectivity index (χ3n) is 3.62. The van der Waals surface area contributed by atoms with E-state index in [0.29, 0.717) is 26.3 Å². The normalized spacial score (nSPS) is 15.2. The van der Waals surface area contributed by atoms with Crippen LogP contribution in [0.15, 0.2) is 18.2 Å². The van der Waals surface area contributed by atoms with E-state index in [9.17, 15) is 9.59 Å². The number of ether oxygens (including phenoxy) is 1.